The third kappa shape index (κ3) is 2.98. The molecule has 0 unspecified atom stereocenters. The maximum atomic E-state index is 12.8. The predicted molar refractivity (Wildman–Crippen MR) is 67.4 cm³/mol. The third-order valence-corrected chi connectivity index (χ3v) is 2.80. The molecule has 0 saturated carbocycles. The Morgan fingerprint density at radius 2 is 2.05 bits per heavy atom. The van der Waals surface area contributed by atoms with E-state index in [1.165, 1.54) is 31.3 Å². The van der Waals surface area contributed by atoms with Gasteiger partial charge < -0.3 is 5.32 Å². The van der Waals surface area contributed by atoms with Gasteiger partial charge in [-0.25, -0.2) is 0 Å². The van der Waals surface area contributed by atoms with Gasteiger partial charge in [-0.1, -0.05) is 18.2 Å². The molecular formula is C13H12F3N3O. The highest BCUT2D eigenvalue weighted by molar-refractivity contribution is 5.98. The summed E-state index contributed by atoms with van der Waals surface area (Å²) in [6, 6.07) is 5.28. The number of ketones is 1. The Hall–Kier alpha value is -2.31. The highest BCUT2D eigenvalue weighted by Crippen LogP contribution is 2.32. The molecule has 0 aliphatic rings. The van der Waals surface area contributed by atoms with Crippen molar-refractivity contribution in [1.29, 1.82) is 0 Å². The minimum absolute atomic E-state index is 0.0574. The number of aromatic nitrogens is 2. The lowest BCUT2D eigenvalue weighted by molar-refractivity contribution is -0.138. The summed E-state index contributed by atoms with van der Waals surface area (Å²) < 4.78 is 38.5. The summed E-state index contributed by atoms with van der Waals surface area (Å²) in [7, 11) is 0. The van der Waals surface area contributed by atoms with Crippen LogP contribution in [0.3, 0.4) is 0 Å². The minimum atomic E-state index is -4.41. The van der Waals surface area contributed by atoms with Gasteiger partial charge in [0.25, 0.3) is 0 Å². The van der Waals surface area contributed by atoms with E-state index in [9.17, 15) is 18.0 Å². The molecule has 0 spiro atoms. The van der Waals surface area contributed by atoms with Gasteiger partial charge in [0.15, 0.2) is 5.78 Å². The Balaban J connectivity index is 2.20. The Kier molecular flexibility index (Phi) is 3.78. The number of H-pyrrole nitrogens is 1. The highest BCUT2D eigenvalue weighted by Gasteiger charge is 2.32. The third-order valence-electron chi connectivity index (χ3n) is 2.80. The molecule has 0 atom stereocenters. The predicted octanol–water partition coefficient (Wildman–Crippen LogP) is 3.24. The van der Waals surface area contributed by atoms with Crippen molar-refractivity contribution in [2.75, 3.05) is 5.32 Å². The number of benzene rings is 1. The van der Waals surface area contributed by atoms with Gasteiger partial charge in [0, 0.05) is 6.54 Å². The lowest BCUT2D eigenvalue weighted by atomic mass is 10.1. The van der Waals surface area contributed by atoms with Gasteiger partial charge >= 0.3 is 6.18 Å². The number of nitrogens with one attached hydrogen (secondary N) is 2. The zero-order chi connectivity index (χ0) is 14.8. The quantitative estimate of drug-likeness (QED) is 0.847. The Labute approximate surface area is 113 Å². The van der Waals surface area contributed by atoms with Crippen LogP contribution in [0.1, 0.15) is 28.4 Å². The molecule has 0 radical (unpaired) electrons. The van der Waals surface area contributed by atoms with Crippen molar-refractivity contribution >= 4 is 11.6 Å². The van der Waals surface area contributed by atoms with E-state index in [2.05, 4.69) is 15.5 Å². The van der Waals surface area contributed by atoms with Crippen LogP contribution in [0.4, 0.5) is 19.0 Å². The van der Waals surface area contributed by atoms with Gasteiger partial charge in [0.1, 0.15) is 5.82 Å². The summed E-state index contributed by atoms with van der Waals surface area (Å²) >= 11 is 0. The molecule has 1 aromatic heterocycles. The average molecular weight is 283 g/mol. The van der Waals surface area contributed by atoms with Gasteiger partial charge in [-0.05, 0) is 18.6 Å². The molecule has 0 bridgehead atoms. The number of carbonyl (C=O) groups is 1. The molecule has 20 heavy (non-hydrogen) atoms. The maximum Gasteiger partial charge on any atom is 0.416 e. The van der Waals surface area contributed by atoms with Crippen LogP contribution in [-0.2, 0) is 12.7 Å². The molecule has 106 valence electrons. The molecule has 2 rings (SSSR count). The first-order valence-electron chi connectivity index (χ1n) is 5.83. The number of halogens is 3. The van der Waals surface area contributed by atoms with Crippen molar-refractivity contribution < 1.29 is 18.0 Å². The Morgan fingerprint density at radius 3 is 2.70 bits per heavy atom. The van der Waals surface area contributed by atoms with Crippen molar-refractivity contribution in [1.82, 2.24) is 10.2 Å². The normalized spacial score (nSPS) is 11.4. The SMILES string of the molecule is CC(=O)c1cn[nH]c1NCc1ccccc1C(F)(F)F. The fourth-order valence-corrected chi connectivity index (χ4v) is 1.82. The molecule has 4 nitrogen and oxygen atoms in total. The van der Waals surface area contributed by atoms with E-state index >= 15 is 0 Å². The zero-order valence-electron chi connectivity index (χ0n) is 10.6. The molecule has 0 saturated heterocycles. The summed E-state index contributed by atoms with van der Waals surface area (Å²) in [6.45, 7) is 1.30. The summed E-state index contributed by atoms with van der Waals surface area (Å²) in [6.07, 6.45) is -3.07. The van der Waals surface area contributed by atoms with Crippen molar-refractivity contribution in [3.05, 3.63) is 47.2 Å². The van der Waals surface area contributed by atoms with E-state index < -0.39 is 11.7 Å². The van der Waals surface area contributed by atoms with Crippen molar-refractivity contribution in [3.63, 3.8) is 0 Å². The first-order valence-corrected chi connectivity index (χ1v) is 5.83. The molecule has 0 amide bonds. The van der Waals surface area contributed by atoms with E-state index in [0.29, 0.717) is 11.4 Å². The second-order valence-corrected chi connectivity index (χ2v) is 4.22. The van der Waals surface area contributed by atoms with Crippen LogP contribution in [-0.4, -0.2) is 16.0 Å². The first kappa shape index (κ1) is 14.1. The smallest absolute Gasteiger partial charge is 0.366 e. The zero-order valence-corrected chi connectivity index (χ0v) is 10.6. The van der Waals surface area contributed by atoms with E-state index in [1.807, 2.05) is 0 Å². The number of Topliss-reactive ketones (excluding diaryl/α,β-unsaturated/α-hetero) is 1. The molecule has 7 heteroatoms. The minimum Gasteiger partial charge on any atom is -0.366 e. The van der Waals surface area contributed by atoms with Crippen LogP contribution in [0.25, 0.3) is 0 Å². The number of nitrogens with zero attached hydrogens (tertiary/aromatic N) is 1. The van der Waals surface area contributed by atoms with Gasteiger partial charge in [-0.3, -0.25) is 9.89 Å². The topological polar surface area (TPSA) is 57.8 Å². The number of aromatic amines is 1. The largest absolute Gasteiger partial charge is 0.416 e. The van der Waals surface area contributed by atoms with Crippen molar-refractivity contribution in [2.45, 2.75) is 19.6 Å². The number of carbonyl (C=O) groups excluding carboxylic acids is 1. The monoisotopic (exact) mass is 283 g/mol. The summed E-state index contributed by atoms with van der Waals surface area (Å²) in [5.41, 5.74) is -0.282. The average Bonchev–Trinajstić information content (AvgIpc) is 2.84. The van der Waals surface area contributed by atoms with Crippen molar-refractivity contribution in [3.8, 4) is 0 Å². The Morgan fingerprint density at radius 1 is 1.35 bits per heavy atom. The van der Waals surface area contributed by atoms with Crippen LogP contribution in [0, 0.1) is 0 Å². The van der Waals surface area contributed by atoms with Gasteiger partial charge in [-0.15, -0.1) is 0 Å². The molecule has 0 fully saturated rings. The van der Waals surface area contributed by atoms with Crippen LogP contribution in [0.5, 0.6) is 0 Å². The van der Waals surface area contributed by atoms with Gasteiger partial charge in [-0.2, -0.15) is 18.3 Å². The van der Waals surface area contributed by atoms with E-state index in [4.69, 9.17) is 0 Å². The molecule has 2 N–H and O–H groups in total. The first-order chi connectivity index (χ1) is 9.39. The number of hydrogen-bond donors (Lipinski definition) is 2. The van der Waals surface area contributed by atoms with Crippen LogP contribution in [0.2, 0.25) is 0 Å². The second-order valence-electron chi connectivity index (χ2n) is 4.22. The maximum absolute atomic E-state index is 12.8. The van der Waals surface area contributed by atoms with E-state index in [1.54, 1.807) is 0 Å². The number of alkyl halides is 3. The molecular weight excluding hydrogens is 271 g/mol. The highest BCUT2D eigenvalue weighted by atomic mass is 19.4. The lowest BCUT2D eigenvalue weighted by Crippen LogP contribution is -2.12. The van der Waals surface area contributed by atoms with Gasteiger partial charge in [0.05, 0.1) is 17.3 Å². The number of anilines is 1. The van der Waals surface area contributed by atoms with Gasteiger partial charge in [0.2, 0.25) is 0 Å². The Bertz CT molecular complexity index is 619. The molecule has 2 aromatic rings. The second kappa shape index (κ2) is 5.36. The fourth-order valence-electron chi connectivity index (χ4n) is 1.82. The fraction of sp³-hybridized carbons (Fsp3) is 0.231. The van der Waals surface area contributed by atoms with Crippen LogP contribution in [0.15, 0.2) is 30.5 Å². The van der Waals surface area contributed by atoms with E-state index in [0.717, 1.165) is 6.07 Å². The molecule has 0 aliphatic heterocycles. The standard InChI is InChI=1S/C13H12F3N3O/c1-8(20)10-7-18-19-12(10)17-6-9-4-2-3-5-11(9)13(14,15)16/h2-5,7H,6H2,1H3,(H2,17,18,19). The summed E-state index contributed by atoms with van der Waals surface area (Å²) in [5.74, 6) is 0.0971. The molecule has 1 heterocycles. The lowest BCUT2D eigenvalue weighted by Gasteiger charge is -2.13. The molecule has 0 aliphatic carbocycles. The number of rotatable bonds is 4. The summed E-state index contributed by atoms with van der Waals surface area (Å²) in [5, 5.41) is 9.01. The summed E-state index contributed by atoms with van der Waals surface area (Å²) in [4.78, 5) is 11.3. The van der Waals surface area contributed by atoms with Crippen LogP contribution >= 0.6 is 0 Å². The molecule has 1 aromatic carbocycles. The van der Waals surface area contributed by atoms with Crippen LogP contribution < -0.4 is 5.32 Å². The van der Waals surface area contributed by atoms with E-state index in [-0.39, 0.29) is 17.9 Å². The van der Waals surface area contributed by atoms with Crippen molar-refractivity contribution in [2.24, 2.45) is 0 Å². The number of hydrogen-bond acceptors (Lipinski definition) is 3.